The summed E-state index contributed by atoms with van der Waals surface area (Å²) in [5.74, 6) is 0.847. The summed E-state index contributed by atoms with van der Waals surface area (Å²) < 4.78 is 5.65. The standard InChI is InChI=1S/C14H21ClN2O.ClH/c15-14-6-5-13(10-17-14)11-18-8-2-4-12-3-1-7-16-9-12;/h5-6,10,12,16H,1-4,7-9,11H2;1H. The molecule has 1 unspecified atom stereocenters. The van der Waals surface area contributed by atoms with Crippen molar-refractivity contribution in [1.29, 1.82) is 0 Å². The van der Waals surface area contributed by atoms with E-state index in [4.69, 9.17) is 16.3 Å². The van der Waals surface area contributed by atoms with Crippen molar-refractivity contribution >= 4 is 24.0 Å². The molecule has 0 spiro atoms. The lowest BCUT2D eigenvalue weighted by Gasteiger charge is -2.22. The second-order valence-corrected chi connectivity index (χ2v) is 5.28. The highest BCUT2D eigenvalue weighted by molar-refractivity contribution is 6.29. The van der Waals surface area contributed by atoms with Crippen LogP contribution in [0.25, 0.3) is 0 Å². The molecule has 1 aromatic rings. The first-order valence-electron chi connectivity index (χ1n) is 6.73. The maximum atomic E-state index is 5.72. The van der Waals surface area contributed by atoms with Crippen molar-refractivity contribution in [3.05, 3.63) is 29.0 Å². The normalized spacial score (nSPS) is 18.9. The molecule has 1 atom stereocenters. The van der Waals surface area contributed by atoms with E-state index >= 15 is 0 Å². The first kappa shape index (κ1) is 16.7. The summed E-state index contributed by atoms with van der Waals surface area (Å²) in [5.41, 5.74) is 1.08. The Labute approximate surface area is 126 Å². The van der Waals surface area contributed by atoms with Gasteiger partial charge in [-0.2, -0.15) is 0 Å². The Bertz CT molecular complexity index is 340. The highest BCUT2D eigenvalue weighted by atomic mass is 35.5. The predicted molar refractivity (Wildman–Crippen MR) is 81.0 cm³/mol. The molecule has 3 nitrogen and oxygen atoms in total. The number of nitrogens with one attached hydrogen (secondary N) is 1. The van der Waals surface area contributed by atoms with Gasteiger partial charge in [-0.15, -0.1) is 12.4 Å². The van der Waals surface area contributed by atoms with Crippen LogP contribution in [0.15, 0.2) is 18.3 Å². The molecule has 1 N–H and O–H groups in total. The Morgan fingerprint density at radius 1 is 1.42 bits per heavy atom. The fraction of sp³-hybridized carbons (Fsp3) is 0.643. The number of hydrogen-bond acceptors (Lipinski definition) is 3. The van der Waals surface area contributed by atoms with Gasteiger partial charge >= 0.3 is 0 Å². The minimum absolute atomic E-state index is 0. The van der Waals surface area contributed by atoms with E-state index < -0.39 is 0 Å². The molecule has 1 fully saturated rings. The Kier molecular flexibility index (Phi) is 8.38. The largest absolute Gasteiger partial charge is 0.377 e. The molecule has 0 amide bonds. The van der Waals surface area contributed by atoms with Gasteiger partial charge in [0.2, 0.25) is 0 Å². The van der Waals surface area contributed by atoms with Gasteiger partial charge in [0.1, 0.15) is 5.15 Å². The minimum Gasteiger partial charge on any atom is -0.377 e. The van der Waals surface area contributed by atoms with Crippen LogP contribution in [0.5, 0.6) is 0 Å². The van der Waals surface area contributed by atoms with Crippen molar-refractivity contribution in [2.45, 2.75) is 32.3 Å². The van der Waals surface area contributed by atoms with Gasteiger partial charge in [-0.25, -0.2) is 4.98 Å². The van der Waals surface area contributed by atoms with Crippen LogP contribution in [0.4, 0.5) is 0 Å². The monoisotopic (exact) mass is 304 g/mol. The lowest BCUT2D eigenvalue weighted by molar-refractivity contribution is 0.112. The number of halogens is 2. The SMILES string of the molecule is Cl.Clc1ccc(COCCCC2CCCNC2)cn1. The topological polar surface area (TPSA) is 34.1 Å². The number of hydrogen-bond donors (Lipinski definition) is 1. The Morgan fingerprint density at radius 2 is 2.32 bits per heavy atom. The summed E-state index contributed by atoms with van der Waals surface area (Å²) in [7, 11) is 0. The zero-order chi connectivity index (χ0) is 12.6. The molecule has 1 aliphatic heterocycles. The summed E-state index contributed by atoms with van der Waals surface area (Å²) in [4.78, 5) is 4.03. The summed E-state index contributed by atoms with van der Waals surface area (Å²) in [5, 5.41) is 3.98. The van der Waals surface area contributed by atoms with Gasteiger partial charge in [-0.1, -0.05) is 17.7 Å². The van der Waals surface area contributed by atoms with E-state index in [1.165, 1.54) is 32.4 Å². The lowest BCUT2D eigenvalue weighted by Crippen LogP contribution is -2.29. The number of nitrogens with zero attached hydrogens (tertiary/aromatic N) is 1. The smallest absolute Gasteiger partial charge is 0.129 e. The molecular weight excluding hydrogens is 283 g/mol. The van der Waals surface area contributed by atoms with Crippen LogP contribution in [0, 0.1) is 5.92 Å². The Balaban J connectivity index is 0.00000180. The van der Waals surface area contributed by atoms with Gasteiger partial charge in [0.25, 0.3) is 0 Å². The molecule has 1 aromatic heterocycles. The number of ether oxygens (including phenoxy) is 1. The van der Waals surface area contributed by atoms with Crippen LogP contribution in [0.3, 0.4) is 0 Å². The number of pyridine rings is 1. The van der Waals surface area contributed by atoms with Crippen molar-refractivity contribution in [2.24, 2.45) is 5.92 Å². The predicted octanol–water partition coefficient (Wildman–Crippen LogP) is 3.45. The van der Waals surface area contributed by atoms with E-state index in [1.54, 1.807) is 12.3 Å². The molecule has 0 radical (unpaired) electrons. The van der Waals surface area contributed by atoms with E-state index in [1.807, 2.05) is 6.07 Å². The van der Waals surface area contributed by atoms with Crippen LogP contribution in [-0.2, 0) is 11.3 Å². The first-order chi connectivity index (χ1) is 8.84. The van der Waals surface area contributed by atoms with E-state index in [2.05, 4.69) is 10.3 Å². The second-order valence-electron chi connectivity index (χ2n) is 4.90. The summed E-state index contributed by atoms with van der Waals surface area (Å²) in [6, 6.07) is 3.76. The second kappa shape index (κ2) is 9.54. The number of aromatic nitrogens is 1. The third kappa shape index (κ3) is 6.57. The van der Waals surface area contributed by atoms with Gasteiger partial charge in [0.15, 0.2) is 0 Å². The minimum atomic E-state index is 0. The maximum absolute atomic E-state index is 5.72. The molecule has 108 valence electrons. The lowest BCUT2D eigenvalue weighted by atomic mass is 9.95. The maximum Gasteiger partial charge on any atom is 0.129 e. The molecule has 5 heteroatoms. The molecule has 1 saturated heterocycles. The van der Waals surface area contributed by atoms with Crippen molar-refractivity contribution < 1.29 is 4.74 Å². The Hall–Kier alpha value is -0.350. The summed E-state index contributed by atoms with van der Waals surface area (Å²) >= 11 is 5.72. The Morgan fingerprint density at radius 3 is 3.00 bits per heavy atom. The van der Waals surface area contributed by atoms with Crippen molar-refractivity contribution in [2.75, 3.05) is 19.7 Å². The molecule has 1 aliphatic rings. The first-order valence-corrected chi connectivity index (χ1v) is 7.11. The molecule has 0 aliphatic carbocycles. The fourth-order valence-corrected chi connectivity index (χ4v) is 2.44. The average molecular weight is 305 g/mol. The molecule has 2 rings (SSSR count). The fourth-order valence-electron chi connectivity index (χ4n) is 2.33. The van der Waals surface area contributed by atoms with Crippen molar-refractivity contribution in [3.8, 4) is 0 Å². The molecule has 2 heterocycles. The van der Waals surface area contributed by atoms with Gasteiger partial charge in [-0.05, 0) is 56.3 Å². The molecule has 0 saturated carbocycles. The van der Waals surface area contributed by atoms with Gasteiger partial charge < -0.3 is 10.1 Å². The van der Waals surface area contributed by atoms with Gasteiger partial charge in [0.05, 0.1) is 6.61 Å². The molecule has 0 bridgehead atoms. The van der Waals surface area contributed by atoms with Crippen LogP contribution in [0.2, 0.25) is 5.15 Å². The number of piperidine rings is 1. The molecule has 19 heavy (non-hydrogen) atoms. The van der Waals surface area contributed by atoms with E-state index in [0.717, 1.165) is 24.5 Å². The summed E-state index contributed by atoms with van der Waals surface area (Å²) in [6.07, 6.45) is 6.88. The zero-order valence-electron chi connectivity index (χ0n) is 11.1. The van der Waals surface area contributed by atoms with E-state index in [9.17, 15) is 0 Å². The van der Waals surface area contributed by atoms with Gasteiger partial charge in [0, 0.05) is 12.8 Å². The third-order valence-corrected chi connectivity index (χ3v) is 3.58. The number of rotatable bonds is 6. The quantitative estimate of drug-likeness (QED) is 0.645. The van der Waals surface area contributed by atoms with E-state index in [-0.39, 0.29) is 12.4 Å². The average Bonchev–Trinajstić information content (AvgIpc) is 2.42. The van der Waals surface area contributed by atoms with Crippen LogP contribution in [-0.4, -0.2) is 24.7 Å². The van der Waals surface area contributed by atoms with E-state index in [0.29, 0.717) is 11.8 Å². The highest BCUT2D eigenvalue weighted by Gasteiger charge is 2.11. The van der Waals surface area contributed by atoms with Crippen molar-refractivity contribution in [1.82, 2.24) is 10.3 Å². The van der Waals surface area contributed by atoms with Crippen LogP contribution < -0.4 is 5.32 Å². The molecule has 0 aromatic carbocycles. The van der Waals surface area contributed by atoms with Crippen molar-refractivity contribution in [3.63, 3.8) is 0 Å². The van der Waals surface area contributed by atoms with Crippen LogP contribution >= 0.6 is 24.0 Å². The zero-order valence-corrected chi connectivity index (χ0v) is 12.7. The van der Waals surface area contributed by atoms with Crippen LogP contribution in [0.1, 0.15) is 31.2 Å². The third-order valence-electron chi connectivity index (χ3n) is 3.36. The highest BCUT2D eigenvalue weighted by Crippen LogP contribution is 2.16. The summed E-state index contributed by atoms with van der Waals surface area (Å²) in [6.45, 7) is 3.84. The molecular formula is C14H22Cl2N2O. The van der Waals surface area contributed by atoms with Gasteiger partial charge in [-0.3, -0.25) is 0 Å².